The summed E-state index contributed by atoms with van der Waals surface area (Å²) >= 11 is 0.957. The molecule has 3 amide bonds. The molecule has 5 rings (SSSR count). The van der Waals surface area contributed by atoms with E-state index in [4.69, 9.17) is 4.74 Å². The van der Waals surface area contributed by atoms with Crippen molar-refractivity contribution in [3.63, 3.8) is 0 Å². The molecule has 2 aliphatic heterocycles. The Balaban J connectivity index is 1.60. The number of ether oxygens (including phenoxy) is 1. The van der Waals surface area contributed by atoms with Gasteiger partial charge in [-0.05, 0) is 17.7 Å². The maximum Gasteiger partial charge on any atom is 0.349 e. The van der Waals surface area contributed by atoms with Crippen LogP contribution >= 0.6 is 11.3 Å². The highest BCUT2D eigenvalue weighted by atomic mass is 32.1. The number of nitrogens with zero attached hydrogens (tertiary/aromatic N) is 3. The number of esters is 1. The second-order valence-electron chi connectivity index (χ2n) is 7.92. The fourth-order valence-electron chi connectivity index (χ4n) is 4.49. The second-order valence-corrected chi connectivity index (χ2v) is 8.95. The Morgan fingerprint density at radius 1 is 1.12 bits per heavy atom. The van der Waals surface area contributed by atoms with Crippen molar-refractivity contribution < 1.29 is 23.9 Å². The minimum absolute atomic E-state index is 0.103. The van der Waals surface area contributed by atoms with Crippen molar-refractivity contribution in [1.29, 1.82) is 0 Å². The highest BCUT2D eigenvalue weighted by Crippen LogP contribution is 2.45. The van der Waals surface area contributed by atoms with Gasteiger partial charge in [-0.25, -0.2) is 9.78 Å². The number of carbonyl (C=O) groups is 4. The monoisotopic (exact) mass is 476 g/mol. The zero-order valence-corrected chi connectivity index (χ0v) is 19.0. The van der Waals surface area contributed by atoms with Crippen LogP contribution in [0.15, 0.2) is 60.8 Å². The molecular weight excluding hydrogens is 456 g/mol. The van der Waals surface area contributed by atoms with Crippen LogP contribution in [0.25, 0.3) is 0 Å². The molecule has 3 heterocycles. The molecule has 0 radical (unpaired) electrons. The summed E-state index contributed by atoms with van der Waals surface area (Å²) in [6.45, 7) is 0.135. The van der Waals surface area contributed by atoms with E-state index in [2.05, 4.69) is 10.3 Å². The molecule has 1 fully saturated rings. The summed E-state index contributed by atoms with van der Waals surface area (Å²) in [5, 5.41) is 2.91. The standard InChI is InChI=1S/C24H20N4O5S/c1-33-21(31)18-13-25-23(34-18)26-22(32)24-12-11-19(29)28(24)17-10-6-5-9-16(17)20(30)27(24)14-15-7-3-2-4-8-15/h2-10,13H,11-12,14H2,1H3,(H,25,26,32)/t24-/m0/s1. The lowest BCUT2D eigenvalue weighted by molar-refractivity contribution is -0.129. The molecule has 34 heavy (non-hydrogen) atoms. The van der Waals surface area contributed by atoms with Gasteiger partial charge in [0.1, 0.15) is 4.88 Å². The van der Waals surface area contributed by atoms with Crippen molar-refractivity contribution in [2.45, 2.75) is 25.0 Å². The number of thiazole rings is 1. The van der Waals surface area contributed by atoms with Gasteiger partial charge in [-0.3, -0.25) is 24.6 Å². The number of anilines is 2. The van der Waals surface area contributed by atoms with E-state index in [1.165, 1.54) is 23.1 Å². The predicted molar refractivity (Wildman–Crippen MR) is 124 cm³/mol. The minimum atomic E-state index is -1.57. The summed E-state index contributed by atoms with van der Waals surface area (Å²) in [7, 11) is 1.26. The average Bonchev–Trinajstić information content (AvgIpc) is 3.47. The maximum atomic E-state index is 13.9. The largest absolute Gasteiger partial charge is 0.465 e. The van der Waals surface area contributed by atoms with Gasteiger partial charge in [-0.15, -0.1) is 0 Å². The normalized spacial score (nSPS) is 19.0. The molecule has 10 heteroatoms. The fourth-order valence-corrected chi connectivity index (χ4v) is 5.22. The van der Waals surface area contributed by atoms with Crippen molar-refractivity contribution in [3.05, 3.63) is 76.8 Å². The van der Waals surface area contributed by atoms with E-state index in [9.17, 15) is 19.2 Å². The fraction of sp³-hybridized carbons (Fsp3) is 0.208. The van der Waals surface area contributed by atoms with E-state index in [1.54, 1.807) is 24.3 Å². The molecule has 2 aliphatic rings. The van der Waals surface area contributed by atoms with Gasteiger partial charge in [0, 0.05) is 19.4 Å². The smallest absolute Gasteiger partial charge is 0.349 e. The molecule has 9 nitrogen and oxygen atoms in total. The third kappa shape index (κ3) is 3.34. The van der Waals surface area contributed by atoms with Crippen molar-refractivity contribution in [1.82, 2.24) is 9.88 Å². The average molecular weight is 477 g/mol. The number of fused-ring (bicyclic) bond motifs is 3. The number of hydrogen-bond donors (Lipinski definition) is 1. The summed E-state index contributed by atoms with van der Waals surface area (Å²) in [6.07, 6.45) is 1.54. The zero-order chi connectivity index (χ0) is 23.9. The summed E-state index contributed by atoms with van der Waals surface area (Å²) in [4.78, 5) is 59.7. The van der Waals surface area contributed by atoms with Crippen LogP contribution in [-0.4, -0.2) is 46.3 Å². The second kappa shape index (κ2) is 8.38. The molecule has 172 valence electrons. The van der Waals surface area contributed by atoms with Gasteiger partial charge in [-0.2, -0.15) is 0 Å². The van der Waals surface area contributed by atoms with E-state index < -0.39 is 17.5 Å². The van der Waals surface area contributed by atoms with E-state index in [-0.39, 0.29) is 41.2 Å². The molecule has 2 aromatic carbocycles. The number of amides is 3. The Kier molecular flexibility index (Phi) is 5.37. The number of aromatic nitrogens is 1. The summed E-state index contributed by atoms with van der Waals surface area (Å²) < 4.78 is 4.70. The van der Waals surface area contributed by atoms with Gasteiger partial charge in [0.15, 0.2) is 5.13 Å². The lowest BCUT2D eigenvalue weighted by atomic mass is 9.94. The lowest BCUT2D eigenvalue weighted by Gasteiger charge is -2.49. The van der Waals surface area contributed by atoms with E-state index in [1.807, 2.05) is 30.3 Å². The quantitative estimate of drug-likeness (QED) is 0.567. The Morgan fingerprint density at radius 2 is 1.85 bits per heavy atom. The highest BCUT2D eigenvalue weighted by molar-refractivity contribution is 7.17. The topological polar surface area (TPSA) is 109 Å². The minimum Gasteiger partial charge on any atom is -0.465 e. The number of rotatable bonds is 5. The van der Waals surface area contributed by atoms with E-state index in [0.29, 0.717) is 11.3 Å². The van der Waals surface area contributed by atoms with E-state index >= 15 is 0 Å². The lowest BCUT2D eigenvalue weighted by Crippen LogP contribution is -2.69. The number of para-hydroxylation sites is 1. The molecule has 0 saturated carbocycles. The third-order valence-corrected chi connectivity index (χ3v) is 6.93. The molecule has 0 bridgehead atoms. The number of nitrogens with one attached hydrogen (secondary N) is 1. The van der Waals surface area contributed by atoms with Crippen molar-refractivity contribution in [2.75, 3.05) is 17.3 Å². The summed E-state index contributed by atoms with van der Waals surface area (Å²) in [6, 6.07) is 16.1. The van der Waals surface area contributed by atoms with Crippen LogP contribution in [0.5, 0.6) is 0 Å². The van der Waals surface area contributed by atoms with Crippen LogP contribution in [0.4, 0.5) is 10.8 Å². The molecule has 1 atom stereocenters. The molecule has 0 unspecified atom stereocenters. The van der Waals surface area contributed by atoms with Crippen LogP contribution in [0.3, 0.4) is 0 Å². The first-order chi connectivity index (χ1) is 16.5. The predicted octanol–water partition coefficient (Wildman–Crippen LogP) is 3.05. The molecule has 1 aromatic heterocycles. The maximum absolute atomic E-state index is 13.9. The Hall–Kier alpha value is -4.05. The molecule has 0 spiro atoms. The number of carbonyl (C=O) groups excluding carboxylic acids is 4. The first-order valence-corrected chi connectivity index (χ1v) is 11.4. The third-order valence-electron chi connectivity index (χ3n) is 6.03. The first-order valence-electron chi connectivity index (χ1n) is 10.6. The van der Waals surface area contributed by atoms with Gasteiger partial charge in [-0.1, -0.05) is 53.8 Å². The molecule has 1 saturated heterocycles. The van der Waals surface area contributed by atoms with Gasteiger partial charge in [0.25, 0.3) is 11.8 Å². The summed E-state index contributed by atoms with van der Waals surface area (Å²) in [5.74, 6) is -1.72. The van der Waals surface area contributed by atoms with Crippen molar-refractivity contribution >= 4 is 45.8 Å². The summed E-state index contributed by atoms with van der Waals surface area (Å²) in [5.41, 5.74) is 0.0160. The number of methoxy groups -OCH3 is 1. The molecule has 3 aromatic rings. The van der Waals surface area contributed by atoms with Crippen LogP contribution in [0, 0.1) is 0 Å². The van der Waals surface area contributed by atoms with Gasteiger partial charge < -0.3 is 9.64 Å². The SMILES string of the molecule is COC(=O)c1cnc(NC(=O)[C@]23CCC(=O)N2c2ccccc2C(=O)N3Cc2ccccc2)s1. The van der Waals surface area contributed by atoms with Crippen molar-refractivity contribution in [2.24, 2.45) is 0 Å². The van der Waals surface area contributed by atoms with Gasteiger partial charge in [0.2, 0.25) is 11.6 Å². The Labute approximate surface area is 199 Å². The van der Waals surface area contributed by atoms with E-state index in [0.717, 1.165) is 16.9 Å². The van der Waals surface area contributed by atoms with Gasteiger partial charge in [0.05, 0.1) is 24.6 Å². The van der Waals surface area contributed by atoms with Crippen molar-refractivity contribution in [3.8, 4) is 0 Å². The first kappa shape index (κ1) is 21.8. The Morgan fingerprint density at radius 3 is 2.62 bits per heavy atom. The van der Waals surface area contributed by atoms with Crippen LogP contribution in [0.1, 0.15) is 38.4 Å². The van der Waals surface area contributed by atoms with Crippen LogP contribution in [-0.2, 0) is 20.9 Å². The van der Waals surface area contributed by atoms with Crippen LogP contribution in [0.2, 0.25) is 0 Å². The molecule has 0 aliphatic carbocycles. The van der Waals surface area contributed by atoms with Gasteiger partial charge >= 0.3 is 5.97 Å². The zero-order valence-electron chi connectivity index (χ0n) is 18.2. The molecular formula is C24H20N4O5S. The number of hydrogen-bond acceptors (Lipinski definition) is 7. The molecule has 1 N–H and O–H groups in total. The Bertz CT molecular complexity index is 1310. The van der Waals surface area contributed by atoms with Crippen LogP contribution < -0.4 is 10.2 Å². The highest BCUT2D eigenvalue weighted by Gasteiger charge is 2.60. The number of benzene rings is 2.